The molecule has 0 bridgehead atoms. The molecule has 3 heterocycles. The summed E-state index contributed by atoms with van der Waals surface area (Å²) < 4.78 is 0. The Hall–Kier alpha value is -3.76. The average molecular weight is 454 g/mol. The van der Waals surface area contributed by atoms with E-state index >= 15 is 0 Å². The minimum absolute atomic E-state index is 0.0934. The second kappa shape index (κ2) is 9.00. The number of aromatic amines is 1. The van der Waals surface area contributed by atoms with Gasteiger partial charge in [0.1, 0.15) is 5.82 Å². The molecule has 4 rings (SSSR count). The smallest absolute Gasteiger partial charge is 0.269 e. The lowest BCUT2D eigenvalue weighted by atomic mass is 9.92. The van der Waals surface area contributed by atoms with E-state index in [9.17, 15) is 24.5 Å². The first-order valence-corrected chi connectivity index (χ1v) is 11.0. The van der Waals surface area contributed by atoms with Gasteiger partial charge in [0.25, 0.3) is 11.2 Å². The number of aryl methyl sites for hydroxylation is 1. The molecule has 2 aliphatic rings. The first-order chi connectivity index (χ1) is 15.8. The predicted molar refractivity (Wildman–Crippen MR) is 123 cm³/mol. The molecule has 1 fully saturated rings. The Morgan fingerprint density at radius 3 is 2.82 bits per heavy atom. The fraction of sp³-hybridized carbons (Fsp3) is 0.455. The van der Waals surface area contributed by atoms with Crippen LogP contribution in [-0.4, -0.2) is 39.3 Å². The largest absolute Gasteiger partial charge is 0.339 e. The molecule has 2 aromatic rings. The van der Waals surface area contributed by atoms with Crippen molar-refractivity contribution >= 4 is 35.0 Å². The number of benzene rings is 1. The third kappa shape index (κ3) is 4.43. The van der Waals surface area contributed by atoms with E-state index in [1.807, 2.05) is 0 Å². The molecule has 174 valence electrons. The summed E-state index contributed by atoms with van der Waals surface area (Å²) in [5.41, 5.74) is 0.426. The maximum atomic E-state index is 13.1. The number of H-pyrrole nitrogens is 1. The lowest BCUT2D eigenvalue weighted by Gasteiger charge is -2.36. The van der Waals surface area contributed by atoms with Gasteiger partial charge in [-0.25, -0.2) is 0 Å². The number of nitro groups is 1. The number of nitrogens with one attached hydrogen (secondary N) is 3. The number of amides is 2. The SMILES string of the molecule is CCC1CCCCN1c1nc2c(c(=O)[nH]1)C(C(=O)Nc1ccc([N+](=O)[O-])cc1C)CC(=O)N2. The van der Waals surface area contributed by atoms with Crippen molar-refractivity contribution in [1.29, 1.82) is 0 Å². The van der Waals surface area contributed by atoms with Gasteiger partial charge in [0, 0.05) is 36.8 Å². The summed E-state index contributed by atoms with van der Waals surface area (Å²) in [5, 5.41) is 16.3. The van der Waals surface area contributed by atoms with Gasteiger partial charge in [0.05, 0.1) is 16.4 Å². The summed E-state index contributed by atoms with van der Waals surface area (Å²) in [4.78, 5) is 58.3. The number of nitro benzene ring substituents is 1. The number of rotatable bonds is 5. The summed E-state index contributed by atoms with van der Waals surface area (Å²) >= 11 is 0. The first-order valence-electron chi connectivity index (χ1n) is 11.0. The van der Waals surface area contributed by atoms with E-state index in [1.165, 1.54) is 18.2 Å². The molecule has 0 spiro atoms. The van der Waals surface area contributed by atoms with Crippen molar-refractivity contribution in [3.8, 4) is 0 Å². The van der Waals surface area contributed by atoms with Gasteiger partial charge in [-0.05, 0) is 44.2 Å². The molecule has 11 heteroatoms. The maximum absolute atomic E-state index is 13.1. The van der Waals surface area contributed by atoms with Crippen molar-refractivity contribution in [2.45, 2.75) is 57.9 Å². The van der Waals surface area contributed by atoms with Crippen molar-refractivity contribution in [2.24, 2.45) is 0 Å². The molecular formula is C22H26N6O5. The van der Waals surface area contributed by atoms with Crippen molar-refractivity contribution < 1.29 is 14.5 Å². The molecular weight excluding hydrogens is 428 g/mol. The zero-order valence-corrected chi connectivity index (χ0v) is 18.5. The summed E-state index contributed by atoms with van der Waals surface area (Å²) in [6, 6.07) is 4.32. The van der Waals surface area contributed by atoms with Crippen LogP contribution < -0.4 is 21.1 Å². The molecule has 0 radical (unpaired) electrons. The number of anilines is 3. The highest BCUT2D eigenvalue weighted by Gasteiger charge is 2.36. The Labute approximate surface area is 189 Å². The van der Waals surface area contributed by atoms with Crippen LogP contribution in [0.1, 0.15) is 56.1 Å². The number of carbonyl (C=O) groups excluding carboxylic acids is 2. The van der Waals surface area contributed by atoms with E-state index in [2.05, 4.69) is 32.4 Å². The van der Waals surface area contributed by atoms with Gasteiger partial charge in [-0.15, -0.1) is 0 Å². The molecule has 1 aromatic heterocycles. The first kappa shape index (κ1) is 22.4. The lowest BCUT2D eigenvalue weighted by Crippen LogP contribution is -2.43. The maximum Gasteiger partial charge on any atom is 0.269 e. The predicted octanol–water partition coefficient (Wildman–Crippen LogP) is 2.82. The van der Waals surface area contributed by atoms with Gasteiger partial charge in [-0.1, -0.05) is 6.92 Å². The molecule has 3 N–H and O–H groups in total. The fourth-order valence-corrected chi connectivity index (χ4v) is 4.54. The number of piperidine rings is 1. The van der Waals surface area contributed by atoms with Gasteiger partial charge in [0.15, 0.2) is 0 Å². The van der Waals surface area contributed by atoms with Crippen LogP contribution in [0, 0.1) is 17.0 Å². The van der Waals surface area contributed by atoms with Crippen LogP contribution in [0.2, 0.25) is 0 Å². The van der Waals surface area contributed by atoms with Crippen LogP contribution >= 0.6 is 0 Å². The van der Waals surface area contributed by atoms with E-state index in [0.717, 1.165) is 32.2 Å². The molecule has 33 heavy (non-hydrogen) atoms. The lowest BCUT2D eigenvalue weighted by molar-refractivity contribution is -0.384. The Morgan fingerprint density at radius 1 is 1.33 bits per heavy atom. The number of aromatic nitrogens is 2. The summed E-state index contributed by atoms with van der Waals surface area (Å²) in [6.07, 6.45) is 3.82. The highest BCUT2D eigenvalue weighted by Crippen LogP contribution is 2.32. The molecule has 0 aliphatic carbocycles. The Morgan fingerprint density at radius 2 is 2.12 bits per heavy atom. The van der Waals surface area contributed by atoms with Crippen LogP contribution in [0.25, 0.3) is 0 Å². The van der Waals surface area contributed by atoms with Crippen LogP contribution in [0.15, 0.2) is 23.0 Å². The van der Waals surface area contributed by atoms with E-state index < -0.39 is 28.2 Å². The van der Waals surface area contributed by atoms with E-state index in [0.29, 0.717) is 17.2 Å². The molecule has 2 unspecified atom stereocenters. The second-order valence-electron chi connectivity index (χ2n) is 8.45. The molecule has 11 nitrogen and oxygen atoms in total. The van der Waals surface area contributed by atoms with Crippen LogP contribution in [0.4, 0.5) is 23.1 Å². The molecule has 2 atom stereocenters. The average Bonchev–Trinajstić information content (AvgIpc) is 2.79. The van der Waals surface area contributed by atoms with E-state index in [-0.39, 0.29) is 29.5 Å². The van der Waals surface area contributed by atoms with Crippen molar-refractivity contribution in [1.82, 2.24) is 9.97 Å². The number of hydrogen-bond donors (Lipinski definition) is 3. The standard InChI is InChI=1S/C22H26N6O5/c1-3-13-6-4-5-9-27(13)22-25-19-18(21(31)26-22)15(11-17(29)24-19)20(30)23-16-8-7-14(28(32)33)10-12(16)2/h7-8,10,13,15H,3-6,9,11H2,1-2H3,(H,23,30)(H2,24,25,26,29,31). The van der Waals surface area contributed by atoms with Crippen molar-refractivity contribution in [2.75, 3.05) is 22.1 Å². The highest BCUT2D eigenvalue weighted by molar-refractivity contribution is 6.04. The Balaban J connectivity index is 1.64. The zero-order chi connectivity index (χ0) is 23.7. The van der Waals surface area contributed by atoms with Gasteiger partial charge in [0.2, 0.25) is 17.8 Å². The molecule has 1 saturated heterocycles. The molecule has 2 amide bonds. The highest BCUT2D eigenvalue weighted by atomic mass is 16.6. The number of hydrogen-bond acceptors (Lipinski definition) is 7. The van der Waals surface area contributed by atoms with Crippen molar-refractivity contribution in [3.63, 3.8) is 0 Å². The summed E-state index contributed by atoms with van der Waals surface area (Å²) in [6.45, 7) is 4.48. The second-order valence-corrected chi connectivity index (χ2v) is 8.45. The minimum Gasteiger partial charge on any atom is -0.339 e. The topological polar surface area (TPSA) is 150 Å². The monoisotopic (exact) mass is 454 g/mol. The van der Waals surface area contributed by atoms with Crippen LogP contribution in [-0.2, 0) is 9.59 Å². The Bertz CT molecular complexity index is 1180. The normalized spacial score (nSPS) is 20.1. The van der Waals surface area contributed by atoms with Crippen molar-refractivity contribution in [3.05, 3.63) is 49.8 Å². The number of nitrogens with zero attached hydrogens (tertiary/aromatic N) is 3. The minimum atomic E-state index is -1.03. The van der Waals surface area contributed by atoms with Gasteiger partial charge in [-0.3, -0.25) is 29.5 Å². The van der Waals surface area contributed by atoms with Gasteiger partial charge in [-0.2, -0.15) is 4.98 Å². The zero-order valence-electron chi connectivity index (χ0n) is 18.5. The molecule has 1 aromatic carbocycles. The molecule has 2 aliphatic heterocycles. The fourth-order valence-electron chi connectivity index (χ4n) is 4.54. The third-order valence-corrected chi connectivity index (χ3v) is 6.30. The number of fused-ring (bicyclic) bond motifs is 1. The van der Waals surface area contributed by atoms with Crippen LogP contribution in [0.3, 0.4) is 0 Å². The summed E-state index contributed by atoms with van der Waals surface area (Å²) in [7, 11) is 0. The quantitative estimate of drug-likeness (QED) is 0.464. The number of carbonyl (C=O) groups is 2. The summed E-state index contributed by atoms with van der Waals surface area (Å²) in [5.74, 6) is -1.48. The van der Waals surface area contributed by atoms with E-state index in [4.69, 9.17) is 0 Å². The third-order valence-electron chi connectivity index (χ3n) is 6.30. The van der Waals surface area contributed by atoms with Gasteiger partial charge < -0.3 is 15.5 Å². The van der Waals surface area contributed by atoms with Gasteiger partial charge >= 0.3 is 0 Å². The van der Waals surface area contributed by atoms with Crippen LogP contribution in [0.5, 0.6) is 0 Å². The van der Waals surface area contributed by atoms with E-state index in [1.54, 1.807) is 6.92 Å². The number of non-ortho nitro benzene ring substituents is 1. The molecule has 0 saturated carbocycles. The Kier molecular flexibility index (Phi) is 6.12.